The number of nitrogens with zero attached hydrogens (tertiary/aromatic N) is 2. The monoisotopic (exact) mass is 1540 g/mol. The molecule has 0 fully saturated rings. The lowest BCUT2D eigenvalue weighted by atomic mass is 9.70. The normalized spacial score (nSPS) is 14.0. The maximum Gasteiger partial charge on any atom is 0.0492 e. The fourth-order valence-corrected chi connectivity index (χ4v) is 17.0. The van der Waals surface area contributed by atoms with Crippen molar-refractivity contribution in [2.24, 2.45) is 0 Å². The molecule has 0 unspecified atom stereocenters. The van der Waals surface area contributed by atoms with Crippen LogP contribution < -0.4 is 0 Å². The maximum atomic E-state index is 3.94. The predicted octanol–water partition coefficient (Wildman–Crippen LogP) is 24.9. The predicted molar refractivity (Wildman–Crippen MR) is 360 cm³/mol. The van der Waals surface area contributed by atoms with Gasteiger partial charge in [0.1, 0.15) is 0 Å². The van der Waals surface area contributed by atoms with Crippen LogP contribution in [0.25, 0.3) is 65.9 Å². The third-order valence-electron chi connectivity index (χ3n) is 17.6. The first-order valence-corrected chi connectivity index (χ1v) is 34.2. The van der Waals surface area contributed by atoms with Gasteiger partial charge in [0.2, 0.25) is 0 Å². The van der Waals surface area contributed by atoms with E-state index >= 15 is 0 Å². The van der Waals surface area contributed by atoms with E-state index in [4.69, 9.17) is 0 Å². The van der Waals surface area contributed by atoms with E-state index in [-0.39, 0.29) is 10.8 Å². The summed E-state index contributed by atoms with van der Waals surface area (Å²) in [6.07, 6.45) is 19.1. The minimum absolute atomic E-state index is 0.0230. The first-order chi connectivity index (χ1) is 37.9. The molecule has 0 radical (unpaired) electrons. The van der Waals surface area contributed by atoms with Crippen LogP contribution in [0.4, 0.5) is 0 Å². The Labute approximate surface area is 527 Å². The summed E-state index contributed by atoms with van der Waals surface area (Å²) in [6, 6.07) is 55.2. The van der Waals surface area contributed by atoms with Crippen LogP contribution in [-0.4, -0.2) is 9.13 Å². The molecule has 12 rings (SSSR count). The van der Waals surface area contributed by atoms with Gasteiger partial charge in [-0.05, 0) is 204 Å². The summed E-state index contributed by atoms with van der Waals surface area (Å²) in [5, 5.41) is 5.24. The molecule has 0 atom stereocenters. The number of hydrogen-bond acceptors (Lipinski definition) is 0. The molecule has 2 nitrogen and oxygen atoms in total. The highest BCUT2D eigenvalue weighted by molar-refractivity contribution is 9.11. The van der Waals surface area contributed by atoms with Crippen LogP contribution in [0.15, 0.2) is 181 Å². The van der Waals surface area contributed by atoms with Crippen LogP contribution in [0.2, 0.25) is 0 Å². The number of fused-ring (bicyclic) bond motifs is 12. The largest absolute Gasteiger partial charge is 0.340 e. The number of aryl methyl sites for hydroxylation is 2. The van der Waals surface area contributed by atoms with Gasteiger partial charge in [-0.1, -0.05) is 216 Å². The zero-order valence-electron chi connectivity index (χ0n) is 43.5. The van der Waals surface area contributed by atoms with Gasteiger partial charge >= 0.3 is 0 Å². The van der Waals surface area contributed by atoms with Crippen molar-refractivity contribution < 1.29 is 0 Å². The lowest BCUT2D eigenvalue weighted by molar-refractivity contribution is 0.380. The van der Waals surface area contributed by atoms with Gasteiger partial charge < -0.3 is 9.13 Å². The van der Waals surface area contributed by atoms with Crippen LogP contribution >= 0.6 is 127 Å². The Hall–Kier alpha value is -2.80. The standard InChI is InChI=1S/C68H60Br8N2/c69-43-17-25-63-55(35-43)56-36-44(70)18-26-64(56)77(63)33-11-5-3-9-31-67(59-39-47(73)13-21-51(59)52-22-14-48(74)40-60(52)67)29-7-1-2-8-30-68(61-41-49(75)15-23-53(61)54-24-16-50(76)42-62(54)68)32-10-4-6-12-34-78-65-27-19-45(71)37-57(65)58-38-46(72)20-28-66(58)78/h13-28,35-42H,1-12,29-34H2. The summed E-state index contributed by atoms with van der Waals surface area (Å²) in [5.41, 5.74) is 16.9. The van der Waals surface area contributed by atoms with Gasteiger partial charge in [0.05, 0.1) is 0 Å². The van der Waals surface area contributed by atoms with Crippen molar-refractivity contribution in [3.05, 3.63) is 204 Å². The molecular formula is C68H60Br8N2. The summed E-state index contributed by atoms with van der Waals surface area (Å²) >= 11 is 30.7. The Bertz CT molecular complexity index is 3430. The molecule has 2 aromatic heterocycles. The van der Waals surface area contributed by atoms with E-state index in [0.717, 1.165) is 69.5 Å². The molecule has 0 N–H and O–H groups in total. The average Bonchev–Trinajstić information content (AvgIpc) is 4.20. The van der Waals surface area contributed by atoms with Crippen LogP contribution in [-0.2, 0) is 23.9 Å². The first kappa shape index (κ1) is 55.7. The Morgan fingerprint density at radius 1 is 0.244 bits per heavy atom. The molecule has 10 heteroatoms. The van der Waals surface area contributed by atoms with Crippen molar-refractivity contribution in [3.63, 3.8) is 0 Å². The molecule has 0 saturated heterocycles. The lowest BCUT2D eigenvalue weighted by Crippen LogP contribution is -2.26. The van der Waals surface area contributed by atoms with Gasteiger partial charge in [-0.25, -0.2) is 0 Å². The highest BCUT2D eigenvalue weighted by Gasteiger charge is 2.44. The van der Waals surface area contributed by atoms with Crippen molar-refractivity contribution >= 4 is 171 Å². The van der Waals surface area contributed by atoms with Crippen molar-refractivity contribution in [1.29, 1.82) is 0 Å². The second-order valence-corrected chi connectivity index (χ2v) is 29.4. The Morgan fingerprint density at radius 3 is 0.718 bits per heavy atom. The number of halogens is 8. The first-order valence-electron chi connectivity index (χ1n) is 27.9. The Balaban J connectivity index is 0.731. The molecule has 78 heavy (non-hydrogen) atoms. The Kier molecular flexibility index (Phi) is 17.0. The molecule has 2 heterocycles. The summed E-state index contributed by atoms with van der Waals surface area (Å²) in [6.45, 7) is 2.05. The van der Waals surface area contributed by atoms with E-state index in [0.29, 0.717) is 0 Å². The molecule has 0 spiro atoms. The van der Waals surface area contributed by atoms with Crippen LogP contribution in [0.5, 0.6) is 0 Å². The van der Waals surface area contributed by atoms with E-state index in [1.807, 2.05) is 0 Å². The Morgan fingerprint density at radius 2 is 0.462 bits per heavy atom. The number of aromatic nitrogens is 2. The van der Waals surface area contributed by atoms with Crippen LogP contribution in [0, 0.1) is 0 Å². The maximum absolute atomic E-state index is 3.94. The second kappa shape index (κ2) is 23.8. The summed E-state index contributed by atoms with van der Waals surface area (Å²) in [5.74, 6) is 0. The SMILES string of the molecule is Brc1ccc2c(c1)C(CCCCCCn1c3ccc(Br)cc3c3cc(Br)ccc31)(CCCCCCC1(CCCCCCn3c4ccc(Br)cc4c4cc(Br)ccc43)c3cc(Br)ccc3-c3ccc(Br)cc31)c1cc(Br)ccc1-2. The fraction of sp³-hybridized carbons (Fsp3) is 0.294. The zero-order chi connectivity index (χ0) is 53.7. The van der Waals surface area contributed by atoms with Gasteiger partial charge in [-0.15, -0.1) is 0 Å². The highest BCUT2D eigenvalue weighted by atomic mass is 79.9. The summed E-state index contributed by atoms with van der Waals surface area (Å²) < 4.78 is 14.3. The van der Waals surface area contributed by atoms with Gasteiger partial charge in [0.25, 0.3) is 0 Å². The average molecular weight is 1540 g/mol. The molecule has 0 saturated carbocycles. The second-order valence-electron chi connectivity index (χ2n) is 22.1. The van der Waals surface area contributed by atoms with Crippen molar-refractivity contribution in [2.75, 3.05) is 0 Å². The molecule has 2 aliphatic rings. The number of rotatable bonds is 21. The van der Waals surface area contributed by atoms with Crippen molar-refractivity contribution in [1.82, 2.24) is 9.13 Å². The smallest absolute Gasteiger partial charge is 0.0492 e. The van der Waals surface area contributed by atoms with Crippen LogP contribution in [0.1, 0.15) is 125 Å². The van der Waals surface area contributed by atoms with E-state index in [1.54, 1.807) is 0 Å². The van der Waals surface area contributed by atoms with Gasteiger partial charge in [-0.3, -0.25) is 0 Å². The van der Waals surface area contributed by atoms with E-state index in [1.165, 1.54) is 170 Å². The fourth-order valence-electron chi connectivity index (χ4n) is 14.1. The van der Waals surface area contributed by atoms with Gasteiger partial charge in [0.15, 0.2) is 0 Å². The van der Waals surface area contributed by atoms with E-state index < -0.39 is 0 Å². The lowest BCUT2D eigenvalue weighted by Gasteiger charge is -2.34. The molecule has 0 amide bonds. The third kappa shape index (κ3) is 10.8. The molecule has 10 aromatic rings. The van der Waals surface area contributed by atoms with E-state index in [2.05, 4.69) is 282 Å². The molecule has 0 aliphatic heterocycles. The summed E-state index contributed by atoms with van der Waals surface area (Å²) in [4.78, 5) is 0. The van der Waals surface area contributed by atoms with Crippen molar-refractivity contribution in [2.45, 2.75) is 127 Å². The topological polar surface area (TPSA) is 9.86 Å². The quantitative estimate of drug-likeness (QED) is 0.0635. The number of benzene rings is 8. The molecule has 2 aliphatic carbocycles. The van der Waals surface area contributed by atoms with Gasteiger partial charge in [-0.2, -0.15) is 0 Å². The third-order valence-corrected chi connectivity index (χ3v) is 21.5. The molecular weight excluding hydrogens is 1480 g/mol. The van der Waals surface area contributed by atoms with Gasteiger partial charge in [0, 0.05) is 103 Å². The minimum atomic E-state index is -0.0230. The van der Waals surface area contributed by atoms with Crippen LogP contribution in [0.3, 0.4) is 0 Å². The molecule has 0 bridgehead atoms. The number of unbranched alkanes of at least 4 members (excludes halogenated alkanes) is 9. The number of hydrogen-bond donors (Lipinski definition) is 0. The zero-order valence-corrected chi connectivity index (χ0v) is 56.2. The molecule has 398 valence electrons. The van der Waals surface area contributed by atoms with Crippen molar-refractivity contribution in [3.8, 4) is 22.3 Å². The van der Waals surface area contributed by atoms with E-state index in [9.17, 15) is 0 Å². The minimum Gasteiger partial charge on any atom is -0.340 e. The molecule has 8 aromatic carbocycles. The summed E-state index contributed by atoms with van der Waals surface area (Å²) in [7, 11) is 0. The highest BCUT2D eigenvalue weighted by Crippen LogP contribution is 2.57.